The zero-order valence-corrected chi connectivity index (χ0v) is 15.2. The number of hydrogen-bond donors (Lipinski definition) is 2. The van der Waals surface area contributed by atoms with Gasteiger partial charge >= 0.3 is 0 Å². The van der Waals surface area contributed by atoms with Gasteiger partial charge in [0, 0.05) is 50.3 Å². The largest absolute Gasteiger partial charge is 0.396 e. The van der Waals surface area contributed by atoms with Crippen LogP contribution in [0.5, 0.6) is 0 Å². The smallest absolute Gasteiger partial charge is 0.255 e. The number of nitrogens with zero attached hydrogens (tertiary/aromatic N) is 2. The number of amides is 3. The Morgan fingerprint density at radius 1 is 1.37 bits per heavy atom. The zero-order chi connectivity index (χ0) is 19.6. The van der Waals surface area contributed by atoms with Gasteiger partial charge in [-0.15, -0.1) is 0 Å². The molecule has 0 radical (unpaired) electrons. The molecule has 2 atom stereocenters. The number of carbonyl (C=O) groups excluding carboxylic acids is 4. The van der Waals surface area contributed by atoms with E-state index in [1.807, 2.05) is 0 Å². The molecular weight excluding hydrogens is 350 g/mol. The summed E-state index contributed by atoms with van der Waals surface area (Å²) >= 11 is 0. The van der Waals surface area contributed by atoms with Crippen molar-refractivity contribution in [3.8, 4) is 0 Å². The van der Waals surface area contributed by atoms with Gasteiger partial charge in [0.05, 0.1) is 5.56 Å². The predicted molar refractivity (Wildman–Crippen MR) is 97.5 cm³/mol. The standard InChI is InChI=1S/C19H23N3O5/c1-21(16-4-5-17(25)20-18(16)26)19(27)15-8-14(3-2-13(15)11-24)22-7-6-12(9-22)10-23/h2-3,8,11-12,16,23H,4-7,9-10H2,1H3,(H,20,25,26). The van der Waals surface area contributed by atoms with Gasteiger partial charge in [-0.25, -0.2) is 0 Å². The minimum Gasteiger partial charge on any atom is -0.396 e. The molecule has 2 aliphatic heterocycles. The molecule has 27 heavy (non-hydrogen) atoms. The second-order valence-electron chi connectivity index (χ2n) is 7.06. The highest BCUT2D eigenvalue weighted by Crippen LogP contribution is 2.26. The summed E-state index contributed by atoms with van der Waals surface area (Å²) < 4.78 is 0. The molecule has 2 heterocycles. The monoisotopic (exact) mass is 373 g/mol. The van der Waals surface area contributed by atoms with Crippen molar-refractivity contribution in [3.05, 3.63) is 29.3 Å². The number of anilines is 1. The number of carbonyl (C=O) groups is 4. The van der Waals surface area contributed by atoms with Crippen molar-refractivity contribution >= 4 is 29.7 Å². The molecule has 0 spiro atoms. The minimum absolute atomic E-state index is 0.118. The molecule has 0 aromatic heterocycles. The molecule has 3 rings (SSSR count). The summed E-state index contributed by atoms with van der Waals surface area (Å²) in [5.74, 6) is -1.09. The first-order valence-electron chi connectivity index (χ1n) is 9.00. The van der Waals surface area contributed by atoms with E-state index in [2.05, 4.69) is 10.2 Å². The molecule has 2 saturated heterocycles. The Bertz CT molecular complexity index is 779. The van der Waals surface area contributed by atoms with Crippen molar-refractivity contribution in [1.29, 1.82) is 0 Å². The van der Waals surface area contributed by atoms with Crippen LogP contribution in [0.1, 0.15) is 40.0 Å². The van der Waals surface area contributed by atoms with E-state index in [-0.39, 0.29) is 42.4 Å². The molecule has 8 heteroatoms. The van der Waals surface area contributed by atoms with Crippen molar-refractivity contribution in [2.75, 3.05) is 31.6 Å². The lowest BCUT2D eigenvalue weighted by Gasteiger charge is -2.30. The first kappa shape index (κ1) is 19.0. The minimum atomic E-state index is -0.746. The number of aliphatic hydroxyl groups is 1. The van der Waals surface area contributed by atoms with E-state index in [0.29, 0.717) is 12.8 Å². The van der Waals surface area contributed by atoms with Gasteiger partial charge in [0.15, 0.2) is 6.29 Å². The maximum Gasteiger partial charge on any atom is 0.255 e. The summed E-state index contributed by atoms with van der Waals surface area (Å²) in [6, 6.07) is 4.30. The van der Waals surface area contributed by atoms with Gasteiger partial charge in [-0.05, 0) is 31.0 Å². The highest BCUT2D eigenvalue weighted by molar-refractivity contribution is 6.06. The number of nitrogens with one attached hydrogen (secondary N) is 1. The lowest BCUT2D eigenvalue weighted by molar-refractivity contribution is -0.136. The predicted octanol–water partition coefficient (Wildman–Crippen LogP) is 0.195. The van der Waals surface area contributed by atoms with Crippen molar-refractivity contribution in [2.24, 2.45) is 5.92 Å². The fourth-order valence-corrected chi connectivity index (χ4v) is 3.63. The molecule has 3 amide bonds. The average molecular weight is 373 g/mol. The van der Waals surface area contributed by atoms with Crippen molar-refractivity contribution in [2.45, 2.75) is 25.3 Å². The number of benzene rings is 1. The van der Waals surface area contributed by atoms with E-state index in [1.165, 1.54) is 11.9 Å². The lowest BCUT2D eigenvalue weighted by Crippen LogP contribution is -2.53. The van der Waals surface area contributed by atoms with E-state index in [1.54, 1.807) is 18.2 Å². The third-order valence-electron chi connectivity index (χ3n) is 5.30. The molecule has 0 saturated carbocycles. The summed E-state index contributed by atoms with van der Waals surface area (Å²) in [4.78, 5) is 51.1. The van der Waals surface area contributed by atoms with Crippen LogP contribution in [0.3, 0.4) is 0 Å². The van der Waals surface area contributed by atoms with Gasteiger partial charge in [0.1, 0.15) is 6.04 Å². The van der Waals surface area contributed by atoms with Crippen molar-refractivity contribution in [1.82, 2.24) is 10.2 Å². The third-order valence-corrected chi connectivity index (χ3v) is 5.30. The Balaban J connectivity index is 1.84. The summed E-state index contributed by atoms with van der Waals surface area (Å²) in [7, 11) is 1.50. The Labute approximate surface area is 157 Å². The second kappa shape index (κ2) is 7.87. The van der Waals surface area contributed by atoms with Crippen LogP contribution in [0.2, 0.25) is 0 Å². The Morgan fingerprint density at radius 2 is 2.15 bits per heavy atom. The van der Waals surface area contributed by atoms with E-state index in [4.69, 9.17) is 0 Å². The third kappa shape index (κ3) is 3.85. The average Bonchev–Trinajstić information content (AvgIpc) is 3.15. The van der Waals surface area contributed by atoms with Gasteiger partial charge in [-0.1, -0.05) is 0 Å². The van der Waals surface area contributed by atoms with E-state index in [9.17, 15) is 24.3 Å². The van der Waals surface area contributed by atoms with Crippen LogP contribution in [0.25, 0.3) is 0 Å². The number of likely N-dealkylation sites (N-methyl/N-ethyl adjacent to an activating group) is 1. The summed E-state index contributed by atoms with van der Waals surface area (Å²) in [6.45, 7) is 1.57. The molecular formula is C19H23N3O5. The van der Waals surface area contributed by atoms with Gasteiger partial charge in [0.25, 0.3) is 5.91 Å². The normalized spacial score (nSPS) is 22.5. The molecule has 8 nitrogen and oxygen atoms in total. The topological polar surface area (TPSA) is 107 Å². The number of imide groups is 1. The highest BCUT2D eigenvalue weighted by Gasteiger charge is 2.33. The first-order valence-corrected chi connectivity index (χ1v) is 9.00. The molecule has 2 fully saturated rings. The Morgan fingerprint density at radius 3 is 2.78 bits per heavy atom. The van der Waals surface area contributed by atoms with Gasteiger partial charge in [-0.3, -0.25) is 24.5 Å². The van der Waals surface area contributed by atoms with Gasteiger partial charge < -0.3 is 14.9 Å². The Kier molecular flexibility index (Phi) is 5.55. The van der Waals surface area contributed by atoms with Crippen LogP contribution >= 0.6 is 0 Å². The number of aldehydes is 1. The lowest BCUT2D eigenvalue weighted by atomic mass is 10.0. The SMILES string of the molecule is CN(C(=O)c1cc(N2CCC(CO)C2)ccc1C=O)C1CCC(=O)NC1=O. The second-order valence-corrected chi connectivity index (χ2v) is 7.06. The van der Waals surface area contributed by atoms with E-state index >= 15 is 0 Å². The summed E-state index contributed by atoms with van der Waals surface area (Å²) in [5.41, 5.74) is 1.28. The number of piperidine rings is 1. The summed E-state index contributed by atoms with van der Waals surface area (Å²) in [6.07, 6.45) is 1.92. The summed E-state index contributed by atoms with van der Waals surface area (Å²) in [5, 5.41) is 11.6. The van der Waals surface area contributed by atoms with E-state index < -0.39 is 17.9 Å². The number of rotatable bonds is 5. The van der Waals surface area contributed by atoms with Crippen LogP contribution in [0.4, 0.5) is 5.69 Å². The molecule has 2 aliphatic rings. The molecule has 1 aromatic carbocycles. The maximum absolute atomic E-state index is 13.0. The maximum atomic E-state index is 13.0. The van der Waals surface area contributed by atoms with Crippen LogP contribution in [0.15, 0.2) is 18.2 Å². The number of aliphatic hydroxyl groups excluding tert-OH is 1. The fraction of sp³-hybridized carbons (Fsp3) is 0.474. The quantitative estimate of drug-likeness (QED) is 0.564. The van der Waals surface area contributed by atoms with Crippen LogP contribution < -0.4 is 10.2 Å². The number of hydrogen-bond acceptors (Lipinski definition) is 6. The molecule has 0 bridgehead atoms. The van der Waals surface area contributed by atoms with Crippen LogP contribution in [0, 0.1) is 5.92 Å². The molecule has 1 aromatic rings. The molecule has 2 unspecified atom stereocenters. The van der Waals surface area contributed by atoms with Gasteiger partial charge in [0.2, 0.25) is 11.8 Å². The van der Waals surface area contributed by atoms with E-state index in [0.717, 1.165) is 18.7 Å². The Hall–Kier alpha value is -2.74. The molecule has 144 valence electrons. The highest BCUT2D eigenvalue weighted by atomic mass is 16.3. The van der Waals surface area contributed by atoms with Crippen molar-refractivity contribution < 1.29 is 24.3 Å². The zero-order valence-electron chi connectivity index (χ0n) is 15.2. The molecule has 2 N–H and O–H groups in total. The van der Waals surface area contributed by atoms with Crippen molar-refractivity contribution in [3.63, 3.8) is 0 Å². The first-order chi connectivity index (χ1) is 12.9. The van der Waals surface area contributed by atoms with Gasteiger partial charge in [-0.2, -0.15) is 0 Å². The van der Waals surface area contributed by atoms with Crippen LogP contribution in [-0.4, -0.2) is 66.8 Å². The fourth-order valence-electron chi connectivity index (χ4n) is 3.63. The van der Waals surface area contributed by atoms with Crippen LogP contribution in [-0.2, 0) is 9.59 Å². The molecule has 0 aliphatic carbocycles.